The zero-order valence-electron chi connectivity index (χ0n) is 13.3. The number of hydrogen-bond acceptors (Lipinski definition) is 3. The van der Waals surface area contributed by atoms with Crippen LogP contribution in [0, 0.1) is 5.92 Å². The van der Waals surface area contributed by atoms with Crippen LogP contribution >= 0.6 is 0 Å². The van der Waals surface area contributed by atoms with Crippen LogP contribution in [0.2, 0.25) is 0 Å². The molecule has 1 aromatic rings. The van der Waals surface area contributed by atoms with Crippen LogP contribution in [0.5, 0.6) is 0 Å². The maximum atomic E-state index is 12.8. The Hall–Kier alpha value is -0.850. The highest BCUT2D eigenvalue weighted by molar-refractivity contribution is 7.89. The van der Waals surface area contributed by atoms with E-state index in [0.29, 0.717) is 30.4 Å². The van der Waals surface area contributed by atoms with E-state index in [-0.39, 0.29) is 0 Å². The largest absolute Gasteiger partial charge is 0.349 e. The number of aromatic nitrogens is 1. The van der Waals surface area contributed by atoms with E-state index in [0.717, 1.165) is 31.5 Å². The highest BCUT2D eigenvalue weighted by Gasteiger charge is 2.28. The fraction of sp³-hybridized carbons (Fsp3) is 0.733. The van der Waals surface area contributed by atoms with E-state index in [1.165, 1.54) is 0 Å². The Labute approximate surface area is 128 Å². The van der Waals surface area contributed by atoms with Crippen LogP contribution in [0.4, 0.5) is 0 Å². The van der Waals surface area contributed by atoms with Crippen LogP contribution < -0.4 is 5.32 Å². The second-order valence-corrected chi connectivity index (χ2v) is 7.86. The first-order valence-corrected chi connectivity index (χ1v) is 9.26. The van der Waals surface area contributed by atoms with E-state index < -0.39 is 10.0 Å². The molecule has 2 rings (SSSR count). The fourth-order valence-corrected chi connectivity index (χ4v) is 4.47. The van der Waals surface area contributed by atoms with Crippen molar-refractivity contribution in [1.82, 2.24) is 14.2 Å². The van der Waals surface area contributed by atoms with Gasteiger partial charge in [-0.15, -0.1) is 0 Å². The van der Waals surface area contributed by atoms with Gasteiger partial charge in [0.05, 0.1) is 0 Å². The van der Waals surface area contributed by atoms with Crippen molar-refractivity contribution in [2.75, 3.05) is 20.1 Å². The third-order valence-corrected chi connectivity index (χ3v) is 6.14. The van der Waals surface area contributed by atoms with Crippen LogP contribution in [-0.2, 0) is 23.1 Å². The topological polar surface area (TPSA) is 54.3 Å². The SMILES string of the molecule is CCn1cc(S(=O)(=O)N2CCCC(C)CC2)cc1CNC. The van der Waals surface area contributed by atoms with E-state index in [1.807, 2.05) is 24.6 Å². The quantitative estimate of drug-likeness (QED) is 0.905. The first-order valence-electron chi connectivity index (χ1n) is 7.82. The second-order valence-electron chi connectivity index (χ2n) is 5.92. The van der Waals surface area contributed by atoms with Gasteiger partial charge in [-0.25, -0.2) is 8.42 Å². The first kappa shape index (κ1) is 16.5. The van der Waals surface area contributed by atoms with Gasteiger partial charge >= 0.3 is 0 Å². The Balaban J connectivity index is 2.26. The maximum Gasteiger partial charge on any atom is 0.244 e. The standard InChI is InChI=1S/C15H27N3O2S/c1-4-17-12-15(10-14(17)11-16-3)21(19,20)18-8-5-6-13(2)7-9-18/h10,12-13,16H,4-9,11H2,1-3H3. The molecular formula is C15H27N3O2S. The van der Waals surface area contributed by atoms with Crippen molar-refractivity contribution in [3.63, 3.8) is 0 Å². The molecule has 120 valence electrons. The van der Waals surface area contributed by atoms with E-state index in [2.05, 4.69) is 12.2 Å². The van der Waals surface area contributed by atoms with Crippen LogP contribution in [0.3, 0.4) is 0 Å². The summed E-state index contributed by atoms with van der Waals surface area (Å²) in [5.74, 6) is 0.616. The summed E-state index contributed by atoms with van der Waals surface area (Å²) in [5.41, 5.74) is 1.02. The Morgan fingerprint density at radius 1 is 1.33 bits per heavy atom. The smallest absolute Gasteiger partial charge is 0.244 e. The fourth-order valence-electron chi connectivity index (χ4n) is 2.92. The van der Waals surface area contributed by atoms with Gasteiger partial charge < -0.3 is 9.88 Å². The molecule has 0 amide bonds. The zero-order chi connectivity index (χ0) is 15.5. The molecule has 0 aromatic carbocycles. The summed E-state index contributed by atoms with van der Waals surface area (Å²) in [6, 6.07) is 1.81. The third kappa shape index (κ3) is 3.67. The van der Waals surface area contributed by atoms with E-state index in [4.69, 9.17) is 0 Å². The minimum Gasteiger partial charge on any atom is -0.349 e. The number of sulfonamides is 1. The summed E-state index contributed by atoms with van der Waals surface area (Å²) in [6.07, 6.45) is 4.80. The van der Waals surface area contributed by atoms with Crippen LogP contribution in [0.15, 0.2) is 17.2 Å². The van der Waals surface area contributed by atoms with Gasteiger partial charge in [0.15, 0.2) is 0 Å². The van der Waals surface area contributed by atoms with E-state index in [9.17, 15) is 8.42 Å². The lowest BCUT2D eigenvalue weighted by atomic mass is 10.0. The van der Waals surface area contributed by atoms with Gasteiger partial charge in [0.1, 0.15) is 4.90 Å². The van der Waals surface area contributed by atoms with Gasteiger partial charge in [-0.1, -0.05) is 6.92 Å². The molecule has 1 aliphatic rings. The summed E-state index contributed by atoms with van der Waals surface area (Å²) >= 11 is 0. The normalized spacial score (nSPS) is 21.4. The van der Waals surface area contributed by atoms with Crippen molar-refractivity contribution < 1.29 is 8.42 Å². The van der Waals surface area contributed by atoms with Crippen LogP contribution in [-0.4, -0.2) is 37.4 Å². The van der Waals surface area contributed by atoms with Gasteiger partial charge in [0.2, 0.25) is 10.0 Å². The maximum absolute atomic E-state index is 12.8. The summed E-state index contributed by atoms with van der Waals surface area (Å²) in [4.78, 5) is 0.434. The average Bonchev–Trinajstić information content (AvgIpc) is 2.73. The molecular weight excluding hydrogens is 286 g/mol. The van der Waals surface area contributed by atoms with Gasteiger partial charge in [0.25, 0.3) is 0 Å². The summed E-state index contributed by atoms with van der Waals surface area (Å²) in [6.45, 7) is 6.98. The predicted octanol–water partition coefficient (Wildman–Crippen LogP) is 2.04. The highest BCUT2D eigenvalue weighted by atomic mass is 32.2. The van der Waals surface area contributed by atoms with E-state index in [1.54, 1.807) is 10.5 Å². The summed E-state index contributed by atoms with van der Waals surface area (Å²) in [7, 11) is -1.48. The number of nitrogens with zero attached hydrogens (tertiary/aromatic N) is 2. The van der Waals surface area contributed by atoms with Gasteiger partial charge in [0, 0.05) is 38.1 Å². The molecule has 6 heteroatoms. The molecule has 1 unspecified atom stereocenters. The van der Waals surface area contributed by atoms with Crippen molar-refractivity contribution in [3.8, 4) is 0 Å². The van der Waals surface area contributed by atoms with Gasteiger partial charge in [-0.05, 0) is 45.2 Å². The monoisotopic (exact) mass is 313 g/mol. The molecule has 0 radical (unpaired) electrons. The zero-order valence-corrected chi connectivity index (χ0v) is 14.1. The molecule has 0 aliphatic carbocycles. The van der Waals surface area contributed by atoms with Crippen molar-refractivity contribution in [1.29, 1.82) is 0 Å². The molecule has 1 aliphatic heterocycles. The van der Waals surface area contributed by atoms with Crippen LogP contribution in [0.1, 0.15) is 38.8 Å². The number of rotatable bonds is 5. The minimum absolute atomic E-state index is 0.434. The minimum atomic E-state index is -3.35. The Kier molecular flexibility index (Phi) is 5.46. The molecule has 1 aromatic heterocycles. The van der Waals surface area contributed by atoms with Crippen molar-refractivity contribution in [3.05, 3.63) is 18.0 Å². The predicted molar refractivity (Wildman–Crippen MR) is 84.6 cm³/mol. The summed E-state index contributed by atoms with van der Waals surface area (Å²) in [5, 5.41) is 3.09. The molecule has 0 saturated carbocycles. The van der Waals surface area contributed by atoms with E-state index >= 15 is 0 Å². The molecule has 1 saturated heterocycles. The van der Waals surface area contributed by atoms with Crippen molar-refractivity contribution in [2.45, 2.75) is 51.1 Å². The Morgan fingerprint density at radius 3 is 2.76 bits per heavy atom. The lowest BCUT2D eigenvalue weighted by Gasteiger charge is -2.19. The second kappa shape index (κ2) is 6.94. The summed E-state index contributed by atoms with van der Waals surface area (Å²) < 4.78 is 29.3. The molecule has 0 spiro atoms. The lowest BCUT2D eigenvalue weighted by molar-refractivity contribution is 0.416. The van der Waals surface area contributed by atoms with Crippen molar-refractivity contribution >= 4 is 10.0 Å². The molecule has 1 atom stereocenters. The first-order chi connectivity index (χ1) is 9.98. The van der Waals surface area contributed by atoms with Gasteiger partial charge in [-0.3, -0.25) is 0 Å². The number of aryl methyl sites for hydroxylation is 1. The molecule has 5 nitrogen and oxygen atoms in total. The average molecular weight is 313 g/mol. The van der Waals surface area contributed by atoms with Gasteiger partial charge in [-0.2, -0.15) is 4.31 Å². The highest BCUT2D eigenvalue weighted by Crippen LogP contribution is 2.24. The molecule has 0 bridgehead atoms. The molecule has 2 heterocycles. The Morgan fingerprint density at radius 2 is 2.10 bits per heavy atom. The number of hydrogen-bond donors (Lipinski definition) is 1. The Bertz CT molecular complexity index is 565. The van der Waals surface area contributed by atoms with Crippen molar-refractivity contribution in [2.24, 2.45) is 5.92 Å². The third-order valence-electron chi connectivity index (χ3n) is 4.27. The number of nitrogens with one attached hydrogen (secondary N) is 1. The molecule has 21 heavy (non-hydrogen) atoms. The molecule has 1 N–H and O–H groups in total. The lowest BCUT2D eigenvalue weighted by Crippen LogP contribution is -2.31. The molecule has 1 fully saturated rings. The van der Waals surface area contributed by atoms with Crippen LogP contribution in [0.25, 0.3) is 0 Å².